The minimum absolute atomic E-state index is 0.150. The Morgan fingerprint density at radius 2 is 2.18 bits per heavy atom. The predicted molar refractivity (Wildman–Crippen MR) is 72.7 cm³/mol. The average molecular weight is 255 g/mol. The third-order valence-corrected chi connectivity index (χ3v) is 3.18. The van der Waals surface area contributed by atoms with E-state index in [9.17, 15) is 0 Å². The Hall–Kier alpha value is -0.930. The molecule has 1 heterocycles. The third kappa shape index (κ3) is 2.85. The molecule has 0 saturated carbocycles. The van der Waals surface area contributed by atoms with E-state index in [2.05, 4.69) is 25.7 Å². The normalized spacial score (nSPS) is 23.8. The molecule has 2 rings (SSSR count). The van der Waals surface area contributed by atoms with Crippen molar-refractivity contribution in [3.8, 4) is 0 Å². The molecule has 1 aromatic carbocycles. The number of anilines is 2. The van der Waals surface area contributed by atoms with E-state index >= 15 is 0 Å². The van der Waals surface area contributed by atoms with Gasteiger partial charge in [0.1, 0.15) is 0 Å². The molecule has 1 atom stereocenters. The Balaban J connectivity index is 2.27. The van der Waals surface area contributed by atoms with Crippen molar-refractivity contribution in [3.05, 3.63) is 23.2 Å². The number of ether oxygens (including phenoxy) is 1. The number of hydrogen-bond donors (Lipinski definition) is 1. The molecule has 17 heavy (non-hydrogen) atoms. The lowest BCUT2D eigenvalue weighted by Crippen LogP contribution is -2.52. The van der Waals surface area contributed by atoms with Gasteiger partial charge in [-0.2, -0.15) is 0 Å². The van der Waals surface area contributed by atoms with Gasteiger partial charge in [0.05, 0.1) is 22.4 Å². The highest BCUT2D eigenvalue weighted by Gasteiger charge is 2.32. The van der Waals surface area contributed by atoms with Crippen LogP contribution in [-0.4, -0.2) is 24.8 Å². The Bertz CT molecular complexity index is 420. The summed E-state index contributed by atoms with van der Waals surface area (Å²) >= 11 is 6.24. The third-order valence-electron chi connectivity index (χ3n) is 2.88. The molecule has 2 N–H and O–H groups in total. The minimum atomic E-state index is -0.150. The summed E-state index contributed by atoms with van der Waals surface area (Å²) in [4.78, 5) is 2.26. The van der Waals surface area contributed by atoms with Gasteiger partial charge in [-0.25, -0.2) is 0 Å². The van der Waals surface area contributed by atoms with Crippen molar-refractivity contribution in [1.29, 1.82) is 0 Å². The molecule has 94 valence electrons. The molecule has 1 fully saturated rings. The van der Waals surface area contributed by atoms with E-state index in [-0.39, 0.29) is 11.7 Å². The zero-order valence-electron chi connectivity index (χ0n) is 10.5. The van der Waals surface area contributed by atoms with Crippen LogP contribution in [0.4, 0.5) is 11.4 Å². The van der Waals surface area contributed by atoms with Crippen LogP contribution in [0, 0.1) is 0 Å². The molecule has 1 aliphatic heterocycles. The van der Waals surface area contributed by atoms with Crippen LogP contribution in [0.2, 0.25) is 5.02 Å². The van der Waals surface area contributed by atoms with E-state index in [0.717, 1.165) is 18.8 Å². The average Bonchev–Trinajstić information content (AvgIpc) is 2.13. The monoisotopic (exact) mass is 254 g/mol. The molecule has 0 aliphatic carbocycles. The maximum absolute atomic E-state index is 6.24. The molecule has 0 radical (unpaired) electrons. The van der Waals surface area contributed by atoms with E-state index in [0.29, 0.717) is 10.7 Å². The summed E-state index contributed by atoms with van der Waals surface area (Å²) in [5.74, 6) is 0. The Morgan fingerprint density at radius 1 is 1.47 bits per heavy atom. The van der Waals surface area contributed by atoms with Crippen molar-refractivity contribution in [1.82, 2.24) is 0 Å². The van der Waals surface area contributed by atoms with Gasteiger partial charge >= 0.3 is 0 Å². The number of morpholine rings is 1. The number of hydrogen-bond acceptors (Lipinski definition) is 3. The van der Waals surface area contributed by atoms with Gasteiger partial charge in [0.15, 0.2) is 0 Å². The van der Waals surface area contributed by atoms with Crippen LogP contribution in [0.3, 0.4) is 0 Å². The molecule has 0 spiro atoms. The number of benzene rings is 1. The first-order chi connectivity index (χ1) is 7.87. The zero-order valence-corrected chi connectivity index (χ0v) is 11.3. The molecular formula is C13H19ClN2O. The van der Waals surface area contributed by atoms with Crippen molar-refractivity contribution in [3.63, 3.8) is 0 Å². The van der Waals surface area contributed by atoms with E-state index in [4.69, 9.17) is 22.1 Å². The maximum Gasteiger partial charge on any atom is 0.0805 e. The lowest BCUT2D eigenvalue weighted by Gasteiger charge is -2.43. The van der Waals surface area contributed by atoms with Crippen LogP contribution in [0.15, 0.2) is 18.2 Å². The van der Waals surface area contributed by atoms with Crippen LogP contribution in [0.1, 0.15) is 20.8 Å². The summed E-state index contributed by atoms with van der Waals surface area (Å²) in [6.45, 7) is 7.97. The van der Waals surface area contributed by atoms with Gasteiger partial charge in [-0.05, 0) is 39.0 Å². The van der Waals surface area contributed by atoms with Gasteiger partial charge in [-0.1, -0.05) is 11.6 Å². The van der Waals surface area contributed by atoms with Gasteiger partial charge < -0.3 is 15.4 Å². The van der Waals surface area contributed by atoms with Gasteiger partial charge in [-0.3, -0.25) is 0 Å². The summed E-state index contributed by atoms with van der Waals surface area (Å²) in [6, 6.07) is 5.66. The summed E-state index contributed by atoms with van der Waals surface area (Å²) in [6.07, 6.45) is 0.201. The summed E-state index contributed by atoms with van der Waals surface area (Å²) in [5, 5.41) is 0.704. The largest absolute Gasteiger partial charge is 0.399 e. The van der Waals surface area contributed by atoms with Crippen LogP contribution in [0.25, 0.3) is 0 Å². The molecule has 1 unspecified atom stereocenters. The quantitative estimate of drug-likeness (QED) is 0.784. The van der Waals surface area contributed by atoms with Crippen LogP contribution in [-0.2, 0) is 4.74 Å². The number of nitrogens with zero attached hydrogens (tertiary/aromatic N) is 1. The van der Waals surface area contributed by atoms with Crippen LogP contribution >= 0.6 is 11.6 Å². The number of halogens is 1. The van der Waals surface area contributed by atoms with Gasteiger partial charge in [-0.15, -0.1) is 0 Å². The standard InChI is InChI=1S/C13H19ClN2O/c1-9-7-16(8-13(2,3)17-9)12-5-4-10(15)6-11(12)14/h4-6,9H,7-8,15H2,1-3H3. The first kappa shape index (κ1) is 12.5. The second-order valence-electron chi connectivity index (χ2n) is 5.28. The number of rotatable bonds is 1. The fourth-order valence-electron chi connectivity index (χ4n) is 2.42. The number of nitrogen functional groups attached to an aromatic ring is 1. The highest BCUT2D eigenvalue weighted by molar-refractivity contribution is 6.33. The Morgan fingerprint density at radius 3 is 2.76 bits per heavy atom. The van der Waals surface area contributed by atoms with Crippen molar-refractivity contribution in [2.75, 3.05) is 23.7 Å². The Kier molecular flexibility index (Phi) is 3.23. The summed E-state index contributed by atoms with van der Waals surface area (Å²) < 4.78 is 5.88. The highest BCUT2D eigenvalue weighted by Crippen LogP contribution is 2.32. The molecule has 0 bridgehead atoms. The first-order valence-corrected chi connectivity index (χ1v) is 6.23. The summed E-state index contributed by atoms with van der Waals surface area (Å²) in [7, 11) is 0. The second kappa shape index (κ2) is 4.39. The lowest BCUT2D eigenvalue weighted by molar-refractivity contribution is -0.0749. The second-order valence-corrected chi connectivity index (χ2v) is 5.69. The zero-order chi connectivity index (χ0) is 12.6. The lowest BCUT2D eigenvalue weighted by atomic mass is 10.0. The molecule has 1 aliphatic rings. The Labute approximate surface area is 107 Å². The fourth-order valence-corrected chi connectivity index (χ4v) is 2.73. The van der Waals surface area contributed by atoms with Crippen molar-refractivity contribution < 1.29 is 4.74 Å². The molecule has 3 nitrogen and oxygen atoms in total. The summed E-state index contributed by atoms with van der Waals surface area (Å²) in [5.41, 5.74) is 7.28. The molecule has 0 amide bonds. The van der Waals surface area contributed by atoms with Crippen LogP contribution in [0.5, 0.6) is 0 Å². The van der Waals surface area contributed by atoms with Gasteiger partial charge in [0, 0.05) is 18.8 Å². The topological polar surface area (TPSA) is 38.5 Å². The molecule has 0 aromatic heterocycles. The predicted octanol–water partition coefficient (Wildman–Crippen LogP) is 2.93. The fraction of sp³-hybridized carbons (Fsp3) is 0.538. The van der Waals surface area contributed by atoms with Crippen molar-refractivity contribution in [2.45, 2.75) is 32.5 Å². The van der Waals surface area contributed by atoms with Crippen molar-refractivity contribution >= 4 is 23.0 Å². The maximum atomic E-state index is 6.24. The molecule has 1 aromatic rings. The van der Waals surface area contributed by atoms with E-state index in [1.807, 2.05) is 12.1 Å². The first-order valence-electron chi connectivity index (χ1n) is 5.85. The van der Waals surface area contributed by atoms with Crippen LogP contribution < -0.4 is 10.6 Å². The van der Waals surface area contributed by atoms with E-state index < -0.39 is 0 Å². The molecular weight excluding hydrogens is 236 g/mol. The smallest absolute Gasteiger partial charge is 0.0805 e. The minimum Gasteiger partial charge on any atom is -0.399 e. The van der Waals surface area contributed by atoms with E-state index in [1.165, 1.54) is 0 Å². The SMILES string of the molecule is CC1CN(c2ccc(N)cc2Cl)CC(C)(C)O1. The van der Waals surface area contributed by atoms with Gasteiger partial charge in [0.2, 0.25) is 0 Å². The molecule has 4 heteroatoms. The van der Waals surface area contributed by atoms with Crippen molar-refractivity contribution in [2.24, 2.45) is 0 Å². The van der Waals surface area contributed by atoms with E-state index in [1.54, 1.807) is 6.07 Å². The highest BCUT2D eigenvalue weighted by atomic mass is 35.5. The number of nitrogens with two attached hydrogens (primary N) is 1. The van der Waals surface area contributed by atoms with Gasteiger partial charge in [0.25, 0.3) is 0 Å². The molecule has 1 saturated heterocycles.